The SMILES string of the molecule is CCN(CC)C(=O)C(C)NC1CCCC(C(F)(F)F)C1. The van der Waals surface area contributed by atoms with Crippen molar-refractivity contribution in [3.8, 4) is 0 Å². The van der Waals surface area contributed by atoms with E-state index in [9.17, 15) is 18.0 Å². The van der Waals surface area contributed by atoms with Gasteiger partial charge in [0.05, 0.1) is 12.0 Å². The molecule has 0 heterocycles. The molecule has 1 aliphatic carbocycles. The number of likely N-dealkylation sites (N-methyl/N-ethyl adjacent to an activating group) is 1. The lowest BCUT2D eigenvalue weighted by Crippen LogP contribution is -2.50. The van der Waals surface area contributed by atoms with E-state index in [1.165, 1.54) is 0 Å². The molecule has 1 N–H and O–H groups in total. The van der Waals surface area contributed by atoms with Gasteiger partial charge in [0.2, 0.25) is 5.91 Å². The number of hydrogen-bond donors (Lipinski definition) is 1. The molecule has 118 valence electrons. The number of nitrogens with zero attached hydrogens (tertiary/aromatic N) is 1. The smallest absolute Gasteiger partial charge is 0.342 e. The molecular weight excluding hydrogens is 269 g/mol. The topological polar surface area (TPSA) is 32.3 Å². The molecule has 1 saturated carbocycles. The molecule has 0 aromatic heterocycles. The highest BCUT2D eigenvalue weighted by Crippen LogP contribution is 2.37. The molecule has 3 nitrogen and oxygen atoms in total. The fourth-order valence-corrected chi connectivity index (χ4v) is 2.87. The Labute approximate surface area is 118 Å². The predicted molar refractivity (Wildman–Crippen MR) is 72.3 cm³/mol. The fourth-order valence-electron chi connectivity index (χ4n) is 2.87. The van der Waals surface area contributed by atoms with Crippen molar-refractivity contribution in [2.45, 2.75) is 64.7 Å². The first-order valence-corrected chi connectivity index (χ1v) is 7.41. The number of halogens is 3. The van der Waals surface area contributed by atoms with Gasteiger partial charge in [0.1, 0.15) is 0 Å². The van der Waals surface area contributed by atoms with E-state index >= 15 is 0 Å². The third-order valence-corrected chi connectivity index (χ3v) is 4.07. The van der Waals surface area contributed by atoms with Crippen molar-refractivity contribution >= 4 is 5.91 Å². The predicted octanol–water partition coefficient (Wildman–Crippen LogP) is 2.95. The molecule has 20 heavy (non-hydrogen) atoms. The van der Waals surface area contributed by atoms with Crippen LogP contribution in [0.4, 0.5) is 13.2 Å². The van der Waals surface area contributed by atoms with Gasteiger partial charge < -0.3 is 10.2 Å². The van der Waals surface area contributed by atoms with Crippen LogP contribution in [0.25, 0.3) is 0 Å². The lowest BCUT2D eigenvalue weighted by molar-refractivity contribution is -0.183. The van der Waals surface area contributed by atoms with Crippen LogP contribution < -0.4 is 5.32 Å². The van der Waals surface area contributed by atoms with Gasteiger partial charge in [-0.2, -0.15) is 13.2 Å². The molecule has 0 aromatic rings. The van der Waals surface area contributed by atoms with Crippen LogP contribution in [0.1, 0.15) is 46.5 Å². The van der Waals surface area contributed by atoms with E-state index in [1.807, 2.05) is 13.8 Å². The van der Waals surface area contributed by atoms with Crippen molar-refractivity contribution in [2.24, 2.45) is 5.92 Å². The molecule has 0 spiro atoms. The molecule has 1 aliphatic rings. The van der Waals surface area contributed by atoms with Crippen LogP contribution in [0, 0.1) is 5.92 Å². The van der Waals surface area contributed by atoms with Gasteiger partial charge >= 0.3 is 6.18 Å². The number of alkyl halides is 3. The van der Waals surface area contributed by atoms with Crippen molar-refractivity contribution in [1.82, 2.24) is 10.2 Å². The molecule has 0 bridgehead atoms. The fraction of sp³-hybridized carbons (Fsp3) is 0.929. The first-order chi connectivity index (χ1) is 9.29. The second kappa shape index (κ2) is 7.29. The highest BCUT2D eigenvalue weighted by molar-refractivity contribution is 5.81. The Hall–Kier alpha value is -0.780. The maximum absolute atomic E-state index is 12.7. The maximum atomic E-state index is 12.7. The molecular formula is C14H25F3N2O. The summed E-state index contributed by atoms with van der Waals surface area (Å²) < 4.78 is 38.2. The van der Waals surface area contributed by atoms with Crippen molar-refractivity contribution in [1.29, 1.82) is 0 Å². The van der Waals surface area contributed by atoms with Crippen LogP contribution in [0.3, 0.4) is 0 Å². The quantitative estimate of drug-likeness (QED) is 0.845. The van der Waals surface area contributed by atoms with E-state index in [-0.39, 0.29) is 24.8 Å². The third-order valence-electron chi connectivity index (χ3n) is 4.07. The van der Waals surface area contributed by atoms with Gasteiger partial charge in [0, 0.05) is 19.1 Å². The Morgan fingerprint density at radius 3 is 2.40 bits per heavy atom. The van der Waals surface area contributed by atoms with E-state index in [0.717, 1.165) is 0 Å². The lowest BCUT2D eigenvalue weighted by atomic mass is 9.85. The maximum Gasteiger partial charge on any atom is 0.391 e. The number of carbonyl (C=O) groups excluding carboxylic acids is 1. The Morgan fingerprint density at radius 2 is 1.90 bits per heavy atom. The lowest BCUT2D eigenvalue weighted by Gasteiger charge is -2.33. The van der Waals surface area contributed by atoms with Gasteiger partial charge in [-0.05, 0) is 40.0 Å². The summed E-state index contributed by atoms with van der Waals surface area (Å²) in [5.74, 6) is -1.27. The van der Waals surface area contributed by atoms with Gasteiger partial charge in [-0.1, -0.05) is 6.42 Å². The second-order valence-electron chi connectivity index (χ2n) is 5.50. The van der Waals surface area contributed by atoms with E-state index in [4.69, 9.17) is 0 Å². The van der Waals surface area contributed by atoms with Crippen molar-refractivity contribution in [2.75, 3.05) is 13.1 Å². The molecule has 0 aromatic carbocycles. The zero-order valence-electron chi connectivity index (χ0n) is 12.5. The first kappa shape index (κ1) is 17.3. The van der Waals surface area contributed by atoms with Gasteiger partial charge in [-0.15, -0.1) is 0 Å². The number of rotatable bonds is 5. The standard InChI is InChI=1S/C14H25F3N2O/c1-4-19(5-2)13(20)10(3)18-12-8-6-7-11(9-12)14(15,16)17/h10-12,18H,4-9H2,1-3H3. The first-order valence-electron chi connectivity index (χ1n) is 7.41. The molecule has 3 atom stereocenters. The second-order valence-corrected chi connectivity index (χ2v) is 5.50. The van der Waals surface area contributed by atoms with E-state index in [1.54, 1.807) is 11.8 Å². The Kier molecular flexibility index (Phi) is 6.30. The zero-order valence-corrected chi connectivity index (χ0v) is 12.5. The van der Waals surface area contributed by atoms with E-state index in [2.05, 4.69) is 5.32 Å². The highest BCUT2D eigenvalue weighted by atomic mass is 19.4. The van der Waals surface area contributed by atoms with Gasteiger partial charge in [-0.25, -0.2) is 0 Å². The van der Waals surface area contributed by atoms with Crippen LogP contribution in [-0.4, -0.2) is 42.2 Å². The zero-order chi connectivity index (χ0) is 15.3. The summed E-state index contributed by atoms with van der Waals surface area (Å²) in [6.07, 6.45) is -2.55. The third kappa shape index (κ3) is 4.65. The number of amides is 1. The summed E-state index contributed by atoms with van der Waals surface area (Å²) in [6, 6.07) is -0.642. The summed E-state index contributed by atoms with van der Waals surface area (Å²) in [7, 11) is 0. The average molecular weight is 294 g/mol. The minimum Gasteiger partial charge on any atom is -0.342 e. The summed E-state index contributed by atoms with van der Waals surface area (Å²) in [5.41, 5.74) is 0. The molecule has 0 radical (unpaired) electrons. The number of nitrogens with one attached hydrogen (secondary N) is 1. The van der Waals surface area contributed by atoms with Gasteiger partial charge in [0.15, 0.2) is 0 Å². The summed E-state index contributed by atoms with van der Waals surface area (Å²) in [5, 5.41) is 3.08. The minimum absolute atomic E-state index is 0.0378. The average Bonchev–Trinajstić information content (AvgIpc) is 2.39. The molecule has 0 aliphatic heterocycles. The van der Waals surface area contributed by atoms with Gasteiger partial charge in [0.25, 0.3) is 0 Å². The van der Waals surface area contributed by atoms with Crippen molar-refractivity contribution < 1.29 is 18.0 Å². The molecule has 1 rings (SSSR count). The summed E-state index contributed by atoms with van der Waals surface area (Å²) >= 11 is 0. The number of carbonyl (C=O) groups is 1. The molecule has 1 amide bonds. The van der Waals surface area contributed by atoms with Crippen molar-refractivity contribution in [3.63, 3.8) is 0 Å². The van der Waals surface area contributed by atoms with Crippen molar-refractivity contribution in [3.05, 3.63) is 0 Å². The molecule has 1 fully saturated rings. The normalized spacial score (nSPS) is 25.3. The summed E-state index contributed by atoms with van der Waals surface area (Å²) in [6.45, 7) is 6.77. The molecule has 6 heteroatoms. The number of hydrogen-bond acceptors (Lipinski definition) is 2. The van der Waals surface area contributed by atoms with E-state index < -0.39 is 18.1 Å². The van der Waals surface area contributed by atoms with Crippen LogP contribution in [-0.2, 0) is 4.79 Å². The highest BCUT2D eigenvalue weighted by Gasteiger charge is 2.42. The Balaban J connectivity index is 2.53. The summed E-state index contributed by atoms with van der Waals surface area (Å²) in [4.78, 5) is 13.8. The molecule has 0 saturated heterocycles. The van der Waals surface area contributed by atoms with Gasteiger partial charge in [-0.3, -0.25) is 4.79 Å². The Morgan fingerprint density at radius 1 is 1.30 bits per heavy atom. The molecule has 3 unspecified atom stereocenters. The monoisotopic (exact) mass is 294 g/mol. The Bertz CT molecular complexity index is 316. The van der Waals surface area contributed by atoms with Crippen LogP contribution in [0.15, 0.2) is 0 Å². The minimum atomic E-state index is -4.12. The van der Waals surface area contributed by atoms with Crippen LogP contribution in [0.2, 0.25) is 0 Å². The van der Waals surface area contributed by atoms with Crippen LogP contribution >= 0.6 is 0 Å². The van der Waals surface area contributed by atoms with E-state index in [0.29, 0.717) is 25.9 Å². The largest absolute Gasteiger partial charge is 0.391 e. The van der Waals surface area contributed by atoms with Crippen LogP contribution in [0.5, 0.6) is 0 Å².